The predicted molar refractivity (Wildman–Crippen MR) is 125 cm³/mol. The highest BCUT2D eigenvalue weighted by Gasteiger charge is 2.48. The van der Waals surface area contributed by atoms with Gasteiger partial charge in [0.2, 0.25) is 11.8 Å². The first-order valence-corrected chi connectivity index (χ1v) is 11.7. The van der Waals surface area contributed by atoms with Crippen molar-refractivity contribution in [2.75, 3.05) is 13.6 Å². The molecular weight excluding hydrogens is 421 g/mol. The van der Waals surface area contributed by atoms with E-state index in [1.165, 1.54) is 23.0 Å². The molecule has 7 heteroatoms. The van der Waals surface area contributed by atoms with Gasteiger partial charge in [0.1, 0.15) is 11.7 Å². The first-order valence-electron chi connectivity index (χ1n) is 11.7. The number of benzene rings is 1. The van der Waals surface area contributed by atoms with E-state index in [-0.39, 0.29) is 43.4 Å². The van der Waals surface area contributed by atoms with Gasteiger partial charge in [0, 0.05) is 19.3 Å². The second kappa shape index (κ2) is 10.5. The average Bonchev–Trinajstić information content (AvgIpc) is 3.13. The van der Waals surface area contributed by atoms with Gasteiger partial charge < -0.3 is 15.5 Å². The Morgan fingerprint density at radius 3 is 2.76 bits per heavy atom. The molecular formula is C26H34FN3O3. The molecule has 33 heavy (non-hydrogen) atoms. The van der Waals surface area contributed by atoms with Crippen molar-refractivity contribution in [3.05, 3.63) is 35.4 Å². The monoisotopic (exact) mass is 455 g/mol. The van der Waals surface area contributed by atoms with Crippen LogP contribution in [0.4, 0.5) is 4.39 Å². The second-order valence-corrected chi connectivity index (χ2v) is 9.54. The molecule has 0 radical (unpaired) electrons. The van der Waals surface area contributed by atoms with E-state index in [2.05, 4.69) is 28.7 Å². The molecule has 0 aromatic heterocycles. The molecule has 1 saturated heterocycles. The number of Topliss-reactive ketones (excluding diaryl/α,β-unsaturated/α-hetero) is 1. The molecule has 2 amide bonds. The number of carbonyl (C=O) groups is 3. The standard InChI is InChI=1S/C26H34FN3O3/c1-5-9-21(29-24(32)17(2)28-4)25(33)30-16-26(3,27)15-22(30)23(31)14-19-12-8-11-18-10-6-7-13-20(18)19/h1,6-7,10,13,17,19,21-22,28H,8-9,11-12,14-16H2,2-4H3,(H,29,32)/t17-,19-,21-,22-,26-/m0/s1. The third-order valence-corrected chi connectivity index (χ3v) is 6.85. The number of terminal acetylenes is 1. The minimum atomic E-state index is -1.68. The minimum absolute atomic E-state index is 0.0303. The molecule has 178 valence electrons. The third kappa shape index (κ3) is 5.80. The number of likely N-dealkylation sites (tertiary alicyclic amines) is 1. The number of ketones is 1. The van der Waals surface area contributed by atoms with Gasteiger partial charge in [0.05, 0.1) is 18.6 Å². The number of rotatable bonds is 8. The number of amides is 2. The van der Waals surface area contributed by atoms with E-state index in [0.29, 0.717) is 0 Å². The van der Waals surface area contributed by atoms with Crippen LogP contribution in [0, 0.1) is 12.3 Å². The smallest absolute Gasteiger partial charge is 0.246 e. The molecule has 1 aliphatic heterocycles. The van der Waals surface area contributed by atoms with Gasteiger partial charge >= 0.3 is 0 Å². The highest BCUT2D eigenvalue weighted by molar-refractivity contribution is 5.94. The van der Waals surface area contributed by atoms with Crippen molar-refractivity contribution < 1.29 is 18.8 Å². The largest absolute Gasteiger partial charge is 0.342 e. The van der Waals surface area contributed by atoms with Gasteiger partial charge in [-0.05, 0) is 57.2 Å². The quantitative estimate of drug-likeness (QED) is 0.591. The van der Waals surface area contributed by atoms with Gasteiger partial charge in [-0.15, -0.1) is 12.3 Å². The fraction of sp³-hybridized carbons (Fsp3) is 0.577. The van der Waals surface area contributed by atoms with Gasteiger partial charge in [0.15, 0.2) is 5.78 Å². The van der Waals surface area contributed by atoms with Gasteiger partial charge in [0.25, 0.3) is 0 Å². The molecule has 2 aliphatic rings. The number of hydrogen-bond acceptors (Lipinski definition) is 4. The molecule has 1 aliphatic carbocycles. The van der Waals surface area contributed by atoms with Crippen molar-refractivity contribution in [2.24, 2.45) is 0 Å². The Morgan fingerprint density at radius 2 is 2.06 bits per heavy atom. The maximum Gasteiger partial charge on any atom is 0.246 e. The topological polar surface area (TPSA) is 78.5 Å². The molecule has 1 fully saturated rings. The Kier molecular flexibility index (Phi) is 7.91. The minimum Gasteiger partial charge on any atom is -0.342 e. The highest BCUT2D eigenvalue weighted by Crippen LogP contribution is 2.37. The fourth-order valence-electron chi connectivity index (χ4n) is 4.95. The van der Waals surface area contributed by atoms with Crippen LogP contribution in [0.3, 0.4) is 0 Å². The zero-order chi connectivity index (χ0) is 24.2. The first-order chi connectivity index (χ1) is 15.7. The van der Waals surface area contributed by atoms with Crippen LogP contribution in [0.15, 0.2) is 24.3 Å². The SMILES string of the molecule is C#CC[C@H](NC(=O)[C@H](C)NC)C(=O)N1C[C@@](C)(F)C[C@H]1C(=O)C[C@@H]1CCCc2ccccc21. The number of hydrogen-bond donors (Lipinski definition) is 2. The van der Waals surface area contributed by atoms with Crippen LogP contribution in [-0.4, -0.2) is 59.9 Å². The Labute approximate surface area is 195 Å². The number of nitrogens with one attached hydrogen (secondary N) is 2. The summed E-state index contributed by atoms with van der Waals surface area (Å²) >= 11 is 0. The Balaban J connectivity index is 1.78. The van der Waals surface area contributed by atoms with Gasteiger partial charge in [-0.1, -0.05) is 24.3 Å². The highest BCUT2D eigenvalue weighted by atomic mass is 19.1. The van der Waals surface area contributed by atoms with Crippen molar-refractivity contribution in [1.29, 1.82) is 0 Å². The van der Waals surface area contributed by atoms with E-state index < -0.39 is 29.7 Å². The number of halogens is 1. The summed E-state index contributed by atoms with van der Waals surface area (Å²) in [5.41, 5.74) is 0.755. The maximum atomic E-state index is 15.1. The molecule has 0 spiro atoms. The van der Waals surface area contributed by atoms with Gasteiger partial charge in [-0.2, -0.15) is 0 Å². The number of fused-ring (bicyclic) bond motifs is 1. The predicted octanol–water partition coefficient (Wildman–Crippen LogP) is 2.51. The lowest BCUT2D eigenvalue weighted by molar-refractivity contribution is -0.141. The summed E-state index contributed by atoms with van der Waals surface area (Å²) < 4.78 is 15.1. The van der Waals surface area contributed by atoms with Crippen molar-refractivity contribution in [3.63, 3.8) is 0 Å². The lowest BCUT2D eigenvalue weighted by atomic mass is 9.79. The summed E-state index contributed by atoms with van der Waals surface area (Å²) in [6, 6.07) is 5.75. The van der Waals surface area contributed by atoms with Crippen molar-refractivity contribution in [3.8, 4) is 12.3 Å². The molecule has 1 aromatic carbocycles. The number of alkyl halides is 1. The summed E-state index contributed by atoms with van der Waals surface area (Å²) in [5.74, 6) is 1.46. The summed E-state index contributed by atoms with van der Waals surface area (Å²) in [4.78, 5) is 40.4. The van der Waals surface area contributed by atoms with E-state index in [1.54, 1.807) is 14.0 Å². The van der Waals surface area contributed by atoms with E-state index in [4.69, 9.17) is 6.42 Å². The van der Waals surface area contributed by atoms with Crippen LogP contribution in [0.1, 0.15) is 63.0 Å². The summed E-state index contributed by atoms with van der Waals surface area (Å²) in [6.45, 7) is 2.88. The normalized spacial score (nSPS) is 26.1. The summed E-state index contributed by atoms with van der Waals surface area (Å²) in [6.07, 6.45) is 8.53. The average molecular weight is 456 g/mol. The van der Waals surface area contributed by atoms with E-state index in [1.807, 2.05) is 12.1 Å². The van der Waals surface area contributed by atoms with Crippen LogP contribution in [0.25, 0.3) is 0 Å². The van der Waals surface area contributed by atoms with Crippen LogP contribution in [0.2, 0.25) is 0 Å². The van der Waals surface area contributed by atoms with Crippen LogP contribution >= 0.6 is 0 Å². The lowest BCUT2D eigenvalue weighted by Gasteiger charge is -2.30. The van der Waals surface area contributed by atoms with Crippen LogP contribution in [-0.2, 0) is 20.8 Å². The maximum absolute atomic E-state index is 15.1. The van der Waals surface area contributed by atoms with Gasteiger partial charge in [-0.25, -0.2) is 4.39 Å². The molecule has 2 N–H and O–H groups in total. The first kappa shape index (κ1) is 24.9. The Morgan fingerprint density at radius 1 is 1.33 bits per heavy atom. The number of nitrogens with zero attached hydrogens (tertiary/aromatic N) is 1. The molecule has 3 rings (SSSR count). The number of aryl methyl sites for hydroxylation is 1. The van der Waals surface area contributed by atoms with E-state index in [0.717, 1.165) is 19.3 Å². The molecule has 1 heterocycles. The number of carbonyl (C=O) groups excluding carboxylic acids is 3. The third-order valence-electron chi connectivity index (χ3n) is 6.85. The Bertz CT molecular complexity index is 939. The molecule has 1 aromatic rings. The fourth-order valence-corrected chi connectivity index (χ4v) is 4.95. The zero-order valence-corrected chi connectivity index (χ0v) is 19.7. The second-order valence-electron chi connectivity index (χ2n) is 9.54. The molecule has 0 unspecified atom stereocenters. The molecule has 5 atom stereocenters. The van der Waals surface area contributed by atoms with Crippen molar-refractivity contribution >= 4 is 17.6 Å². The van der Waals surface area contributed by atoms with E-state index >= 15 is 4.39 Å². The summed E-state index contributed by atoms with van der Waals surface area (Å²) in [5, 5.41) is 5.47. The molecule has 6 nitrogen and oxygen atoms in total. The molecule has 0 saturated carbocycles. The van der Waals surface area contributed by atoms with Crippen molar-refractivity contribution in [1.82, 2.24) is 15.5 Å². The van der Waals surface area contributed by atoms with Gasteiger partial charge in [-0.3, -0.25) is 14.4 Å². The number of likely N-dealkylation sites (N-methyl/N-ethyl adjacent to an activating group) is 1. The summed E-state index contributed by atoms with van der Waals surface area (Å²) in [7, 11) is 1.63. The van der Waals surface area contributed by atoms with Crippen LogP contribution < -0.4 is 10.6 Å². The lowest BCUT2D eigenvalue weighted by Crippen LogP contribution is -2.54. The molecule has 0 bridgehead atoms. The zero-order valence-electron chi connectivity index (χ0n) is 19.7. The van der Waals surface area contributed by atoms with Crippen molar-refractivity contribution in [2.45, 2.75) is 82.1 Å². The Hall–Kier alpha value is -2.72. The van der Waals surface area contributed by atoms with E-state index in [9.17, 15) is 14.4 Å². The van der Waals surface area contributed by atoms with Crippen LogP contribution in [0.5, 0.6) is 0 Å².